The Hall–Kier alpha value is -0.900. The lowest BCUT2D eigenvalue weighted by molar-refractivity contribution is 0.152. The maximum atomic E-state index is 6.37. The van der Waals surface area contributed by atoms with Crippen molar-refractivity contribution < 1.29 is 4.74 Å². The summed E-state index contributed by atoms with van der Waals surface area (Å²) in [4.78, 5) is 2.47. The van der Waals surface area contributed by atoms with Crippen LogP contribution in [0.1, 0.15) is 29.2 Å². The topological polar surface area (TPSA) is 38.5 Å². The number of nitrogens with two attached hydrogens (primary N) is 1. The molecule has 3 heteroatoms. The molecule has 0 amide bonds. The van der Waals surface area contributed by atoms with Crippen molar-refractivity contribution in [1.82, 2.24) is 4.90 Å². The van der Waals surface area contributed by atoms with Crippen molar-refractivity contribution in [3.8, 4) is 0 Å². The van der Waals surface area contributed by atoms with E-state index in [0.717, 1.165) is 26.2 Å². The standard InChI is InChI=1S/C16H26N2O/c1-12-4-5-15(13(2)8-12)16(17)10-18-7-6-14(9-18)11-19-3/h4-5,8,14,16H,6-7,9-11,17H2,1-3H3. The van der Waals surface area contributed by atoms with Crippen LogP contribution < -0.4 is 5.73 Å². The van der Waals surface area contributed by atoms with Gasteiger partial charge in [-0.1, -0.05) is 23.8 Å². The van der Waals surface area contributed by atoms with Crippen LogP contribution in [0.15, 0.2) is 18.2 Å². The van der Waals surface area contributed by atoms with Gasteiger partial charge in [0.05, 0.1) is 6.61 Å². The minimum absolute atomic E-state index is 0.113. The van der Waals surface area contributed by atoms with Crippen molar-refractivity contribution in [2.75, 3.05) is 33.4 Å². The molecule has 0 spiro atoms. The summed E-state index contributed by atoms with van der Waals surface area (Å²) in [5.41, 5.74) is 10.3. The molecule has 2 atom stereocenters. The Morgan fingerprint density at radius 2 is 2.21 bits per heavy atom. The van der Waals surface area contributed by atoms with Gasteiger partial charge >= 0.3 is 0 Å². The number of benzene rings is 1. The Labute approximate surface area is 116 Å². The first-order valence-electron chi connectivity index (χ1n) is 7.14. The molecule has 1 aromatic carbocycles. The number of hydrogen-bond donors (Lipinski definition) is 1. The molecule has 19 heavy (non-hydrogen) atoms. The molecule has 0 radical (unpaired) electrons. The van der Waals surface area contributed by atoms with Crippen LogP contribution in [0, 0.1) is 19.8 Å². The second-order valence-corrected chi connectivity index (χ2v) is 5.84. The van der Waals surface area contributed by atoms with E-state index in [-0.39, 0.29) is 6.04 Å². The zero-order valence-electron chi connectivity index (χ0n) is 12.4. The highest BCUT2D eigenvalue weighted by molar-refractivity contribution is 5.32. The Kier molecular flexibility index (Phi) is 4.97. The Morgan fingerprint density at radius 1 is 1.42 bits per heavy atom. The lowest BCUT2D eigenvalue weighted by atomic mass is 9.99. The third kappa shape index (κ3) is 3.78. The number of ether oxygens (including phenoxy) is 1. The number of aryl methyl sites for hydroxylation is 2. The number of rotatable bonds is 5. The van der Waals surface area contributed by atoms with Gasteiger partial charge in [-0.2, -0.15) is 0 Å². The maximum Gasteiger partial charge on any atom is 0.0503 e. The van der Waals surface area contributed by atoms with Gasteiger partial charge in [0.15, 0.2) is 0 Å². The van der Waals surface area contributed by atoms with Gasteiger partial charge < -0.3 is 15.4 Å². The summed E-state index contributed by atoms with van der Waals surface area (Å²) in [5, 5.41) is 0. The van der Waals surface area contributed by atoms with Crippen LogP contribution in [0.3, 0.4) is 0 Å². The maximum absolute atomic E-state index is 6.37. The summed E-state index contributed by atoms with van der Waals surface area (Å²) in [6.07, 6.45) is 1.23. The highest BCUT2D eigenvalue weighted by atomic mass is 16.5. The monoisotopic (exact) mass is 262 g/mol. The predicted molar refractivity (Wildman–Crippen MR) is 79.3 cm³/mol. The molecule has 3 nitrogen and oxygen atoms in total. The quantitative estimate of drug-likeness (QED) is 0.884. The van der Waals surface area contributed by atoms with Gasteiger partial charge in [0.2, 0.25) is 0 Å². The highest BCUT2D eigenvalue weighted by Crippen LogP contribution is 2.22. The molecule has 2 rings (SSSR count). The van der Waals surface area contributed by atoms with E-state index in [4.69, 9.17) is 10.5 Å². The van der Waals surface area contributed by atoms with Gasteiger partial charge in [-0.25, -0.2) is 0 Å². The number of nitrogens with zero attached hydrogens (tertiary/aromatic N) is 1. The Balaban J connectivity index is 1.92. The second kappa shape index (κ2) is 6.51. The fraction of sp³-hybridized carbons (Fsp3) is 0.625. The molecule has 1 fully saturated rings. The molecule has 106 valence electrons. The van der Waals surface area contributed by atoms with Gasteiger partial charge in [-0.05, 0) is 43.9 Å². The number of hydrogen-bond acceptors (Lipinski definition) is 3. The van der Waals surface area contributed by atoms with E-state index in [1.807, 2.05) is 0 Å². The van der Waals surface area contributed by atoms with Gasteiger partial charge in [0.1, 0.15) is 0 Å². The van der Waals surface area contributed by atoms with E-state index in [0.29, 0.717) is 5.92 Å². The van der Waals surface area contributed by atoms with Crippen LogP contribution in [-0.2, 0) is 4.74 Å². The van der Waals surface area contributed by atoms with E-state index >= 15 is 0 Å². The zero-order chi connectivity index (χ0) is 13.8. The molecule has 1 aliphatic heterocycles. The van der Waals surface area contributed by atoms with Crippen LogP contribution in [0.2, 0.25) is 0 Å². The molecule has 1 aromatic rings. The summed E-state index contributed by atoms with van der Waals surface area (Å²) in [5.74, 6) is 0.677. The second-order valence-electron chi connectivity index (χ2n) is 5.84. The summed E-state index contributed by atoms with van der Waals surface area (Å²) in [6.45, 7) is 8.36. The lowest BCUT2D eigenvalue weighted by Gasteiger charge is -2.22. The molecule has 0 aromatic heterocycles. The zero-order valence-corrected chi connectivity index (χ0v) is 12.4. The van der Waals surface area contributed by atoms with Crippen molar-refractivity contribution >= 4 is 0 Å². The third-order valence-electron chi connectivity index (χ3n) is 4.05. The SMILES string of the molecule is COCC1CCN(CC(N)c2ccc(C)cc2C)C1. The predicted octanol–water partition coefficient (Wildman–Crippen LogP) is 2.27. The fourth-order valence-electron chi connectivity index (χ4n) is 3.07. The molecular formula is C16H26N2O. The molecule has 1 aliphatic rings. The molecular weight excluding hydrogens is 236 g/mol. The average Bonchev–Trinajstić information content (AvgIpc) is 2.76. The fourth-order valence-corrected chi connectivity index (χ4v) is 3.07. The Bertz CT molecular complexity index is 419. The molecule has 1 saturated heterocycles. The van der Waals surface area contributed by atoms with Crippen molar-refractivity contribution in [3.63, 3.8) is 0 Å². The molecule has 2 unspecified atom stereocenters. The molecule has 0 aliphatic carbocycles. The largest absolute Gasteiger partial charge is 0.384 e. The number of methoxy groups -OCH3 is 1. The summed E-state index contributed by atoms with van der Waals surface area (Å²) < 4.78 is 5.24. The highest BCUT2D eigenvalue weighted by Gasteiger charge is 2.24. The first kappa shape index (κ1) is 14.5. The first-order valence-corrected chi connectivity index (χ1v) is 7.14. The van der Waals surface area contributed by atoms with E-state index in [1.54, 1.807) is 7.11 Å². The van der Waals surface area contributed by atoms with Crippen molar-refractivity contribution in [2.24, 2.45) is 11.7 Å². The van der Waals surface area contributed by atoms with E-state index in [2.05, 4.69) is 36.9 Å². The van der Waals surface area contributed by atoms with Gasteiger partial charge in [-0.15, -0.1) is 0 Å². The smallest absolute Gasteiger partial charge is 0.0503 e. The van der Waals surface area contributed by atoms with Crippen LogP contribution in [0.5, 0.6) is 0 Å². The lowest BCUT2D eigenvalue weighted by Crippen LogP contribution is -2.31. The van der Waals surface area contributed by atoms with Crippen LogP contribution >= 0.6 is 0 Å². The van der Waals surface area contributed by atoms with Crippen molar-refractivity contribution in [1.29, 1.82) is 0 Å². The normalized spacial score (nSPS) is 21.8. The van der Waals surface area contributed by atoms with E-state index in [9.17, 15) is 0 Å². The average molecular weight is 262 g/mol. The molecule has 1 heterocycles. The van der Waals surface area contributed by atoms with Gasteiger partial charge in [-0.3, -0.25) is 0 Å². The van der Waals surface area contributed by atoms with Crippen LogP contribution in [-0.4, -0.2) is 38.3 Å². The van der Waals surface area contributed by atoms with Crippen molar-refractivity contribution in [2.45, 2.75) is 26.3 Å². The Morgan fingerprint density at radius 3 is 2.89 bits per heavy atom. The van der Waals surface area contributed by atoms with Gasteiger partial charge in [0.25, 0.3) is 0 Å². The number of likely N-dealkylation sites (tertiary alicyclic amines) is 1. The van der Waals surface area contributed by atoms with Gasteiger partial charge in [0, 0.05) is 26.2 Å². The summed E-state index contributed by atoms with van der Waals surface area (Å²) in [6, 6.07) is 6.66. The van der Waals surface area contributed by atoms with Crippen molar-refractivity contribution in [3.05, 3.63) is 34.9 Å². The van der Waals surface area contributed by atoms with E-state index < -0.39 is 0 Å². The molecule has 2 N–H and O–H groups in total. The third-order valence-corrected chi connectivity index (χ3v) is 4.05. The molecule has 0 saturated carbocycles. The first-order chi connectivity index (χ1) is 9.10. The minimum atomic E-state index is 0.113. The minimum Gasteiger partial charge on any atom is -0.384 e. The van der Waals surface area contributed by atoms with E-state index in [1.165, 1.54) is 23.1 Å². The van der Waals surface area contributed by atoms with Crippen LogP contribution in [0.4, 0.5) is 0 Å². The summed E-state index contributed by atoms with van der Waals surface area (Å²) in [7, 11) is 1.78. The van der Waals surface area contributed by atoms with Crippen LogP contribution in [0.25, 0.3) is 0 Å². The molecule has 0 bridgehead atoms. The summed E-state index contributed by atoms with van der Waals surface area (Å²) >= 11 is 0.